The van der Waals surface area contributed by atoms with Crippen molar-refractivity contribution in [2.75, 3.05) is 13.2 Å². The van der Waals surface area contributed by atoms with Crippen LogP contribution in [0.4, 0.5) is 0 Å². The van der Waals surface area contributed by atoms with Gasteiger partial charge in [-0.2, -0.15) is 0 Å². The highest BCUT2D eigenvalue weighted by Gasteiger charge is 2.22. The summed E-state index contributed by atoms with van der Waals surface area (Å²) < 4.78 is 0. The smallest absolute Gasteiger partial charge is 0.356 e. The van der Waals surface area contributed by atoms with Crippen LogP contribution in [0.1, 0.15) is 13.3 Å². The molecule has 0 aliphatic carbocycles. The molecule has 0 unspecified atom stereocenters. The molecule has 8 nitrogen and oxygen atoms in total. The van der Waals surface area contributed by atoms with Crippen LogP contribution in [0.25, 0.3) is 0 Å². The van der Waals surface area contributed by atoms with E-state index in [4.69, 9.17) is 21.2 Å². The van der Waals surface area contributed by atoms with E-state index in [2.05, 4.69) is 18.4 Å². The van der Waals surface area contributed by atoms with Crippen molar-refractivity contribution in [3.05, 3.63) is 15.3 Å². The summed E-state index contributed by atoms with van der Waals surface area (Å²) >= 11 is 0. The molecule has 0 bridgehead atoms. The lowest BCUT2D eigenvalue weighted by Crippen LogP contribution is -2.32. The lowest BCUT2D eigenvalue weighted by Gasteiger charge is -2.05. The van der Waals surface area contributed by atoms with E-state index in [1.165, 1.54) is 5.01 Å². The fraction of sp³-hybridized carbons (Fsp3) is 0.800. The summed E-state index contributed by atoms with van der Waals surface area (Å²) in [6.07, 6.45) is 3.71. The summed E-state index contributed by atoms with van der Waals surface area (Å²) in [6.45, 7) is 3.74. The largest absolute Gasteiger partial charge is 0.561 e. The molecule has 0 fully saturated rings. The van der Waals surface area contributed by atoms with Crippen molar-refractivity contribution < 1.29 is 5.09 Å². The van der Waals surface area contributed by atoms with Crippen LogP contribution in [0.2, 0.25) is 0 Å². The lowest BCUT2D eigenvalue weighted by molar-refractivity contribution is -0.402. The minimum absolute atomic E-state index is 0.674. The summed E-state index contributed by atoms with van der Waals surface area (Å²) in [5.74, 6) is 5.34. The van der Waals surface area contributed by atoms with E-state index in [1.54, 1.807) is 0 Å². The number of hydrazine groups is 1. The third kappa shape index (κ3) is 6.73. The van der Waals surface area contributed by atoms with Gasteiger partial charge in [-0.05, 0) is 6.42 Å². The minimum atomic E-state index is -1.75. The second-order valence-corrected chi connectivity index (χ2v) is 2.26. The highest BCUT2D eigenvalue weighted by Crippen LogP contribution is 1.97. The summed E-state index contributed by atoms with van der Waals surface area (Å²) in [5.41, 5.74) is 0. The Hall–Kier alpha value is -1.66. The van der Waals surface area contributed by atoms with Crippen molar-refractivity contribution in [3.8, 4) is 0 Å². The molecule has 1 aliphatic rings. The van der Waals surface area contributed by atoms with Gasteiger partial charge in [-0.15, -0.1) is 0 Å². The summed E-state index contributed by atoms with van der Waals surface area (Å²) in [6, 6.07) is 0. The van der Waals surface area contributed by atoms with E-state index in [-0.39, 0.29) is 0 Å². The number of hydrazone groups is 1. The topological polar surface area (TPSA) is 111 Å². The Morgan fingerprint density at radius 1 is 1.69 bits per heavy atom. The number of hydrogen-bond donors (Lipinski definition) is 1. The van der Waals surface area contributed by atoms with Crippen LogP contribution in [-0.4, -0.2) is 34.7 Å². The zero-order valence-electron chi connectivity index (χ0n) is 7.21. The van der Waals surface area contributed by atoms with E-state index in [1.807, 2.05) is 5.01 Å². The number of hydrogen-bond acceptors (Lipinski definition) is 7. The maximum absolute atomic E-state index is 8.25. The first kappa shape index (κ1) is 11.3. The minimum Gasteiger partial charge on any atom is -0.356 e. The molecular weight excluding hydrogens is 178 g/mol. The molecule has 1 rings (SSSR count). The van der Waals surface area contributed by atoms with Crippen LogP contribution < -0.4 is 5.84 Å². The quantitative estimate of drug-likeness (QED) is 0.269. The molecule has 0 amide bonds. The Balaban J connectivity index is 0.000000310. The van der Waals surface area contributed by atoms with E-state index < -0.39 is 5.09 Å². The highest BCUT2D eigenvalue weighted by atomic mass is 16.9. The van der Waals surface area contributed by atoms with Gasteiger partial charge in [-0.1, -0.05) is 11.9 Å². The second kappa shape index (κ2) is 5.92. The lowest BCUT2D eigenvalue weighted by atomic mass is 10.5. The van der Waals surface area contributed by atoms with Gasteiger partial charge in [0.2, 0.25) is 0 Å². The Kier molecular flexibility index (Phi) is 5.17. The number of rotatable bonds is 2. The van der Waals surface area contributed by atoms with Gasteiger partial charge in [0.25, 0.3) is 0 Å². The fourth-order valence-electron chi connectivity index (χ4n) is 0.739. The Morgan fingerprint density at radius 2 is 2.23 bits per heavy atom. The Bertz CT molecular complexity index is 181. The Labute approximate surface area is 75.3 Å². The van der Waals surface area contributed by atoms with Crippen molar-refractivity contribution in [1.29, 1.82) is 0 Å². The molecule has 1 heterocycles. The van der Waals surface area contributed by atoms with Gasteiger partial charge in [-0.25, -0.2) is 10.9 Å². The normalized spacial score (nSPS) is 13.4. The second-order valence-electron chi connectivity index (χ2n) is 2.26. The zero-order valence-corrected chi connectivity index (χ0v) is 7.21. The average molecular weight is 189 g/mol. The molecule has 0 saturated heterocycles. The van der Waals surface area contributed by atoms with Crippen molar-refractivity contribution in [2.24, 2.45) is 10.9 Å². The predicted octanol–water partition coefficient (Wildman–Crippen LogP) is -0.574. The van der Waals surface area contributed by atoms with Gasteiger partial charge in [0, 0.05) is 6.54 Å². The molecule has 0 aromatic carbocycles. The van der Waals surface area contributed by atoms with Crippen molar-refractivity contribution in [2.45, 2.75) is 13.3 Å². The van der Waals surface area contributed by atoms with Crippen LogP contribution in [-0.2, 0) is 0 Å². The predicted molar refractivity (Wildman–Crippen MR) is 45.7 cm³/mol. The van der Waals surface area contributed by atoms with Crippen LogP contribution in [0.5, 0.6) is 0 Å². The average Bonchev–Trinajstić information content (AvgIpc) is 2.35. The van der Waals surface area contributed by atoms with Gasteiger partial charge >= 0.3 is 6.34 Å². The molecule has 0 aromatic heterocycles. The zero-order chi connectivity index (χ0) is 10.3. The molecule has 13 heavy (non-hydrogen) atoms. The molecule has 0 atom stereocenters. The third-order valence-electron chi connectivity index (χ3n) is 1.11. The molecule has 0 radical (unpaired) electrons. The number of nitrogens with two attached hydrogens (primary N) is 1. The summed E-state index contributed by atoms with van der Waals surface area (Å²) in [7, 11) is 0. The molecule has 2 N–H and O–H groups in total. The van der Waals surface area contributed by atoms with Crippen LogP contribution >= 0.6 is 0 Å². The first-order chi connectivity index (χ1) is 6.06. The molecule has 8 heteroatoms. The van der Waals surface area contributed by atoms with Crippen LogP contribution in [0.3, 0.4) is 0 Å². The van der Waals surface area contributed by atoms with Crippen LogP contribution in [0, 0.1) is 15.3 Å². The van der Waals surface area contributed by atoms with Gasteiger partial charge < -0.3 is 15.3 Å². The molecule has 1 aliphatic heterocycles. The first-order valence-corrected chi connectivity index (χ1v) is 3.61. The van der Waals surface area contributed by atoms with Crippen molar-refractivity contribution in [3.63, 3.8) is 0 Å². The monoisotopic (exact) mass is 189 g/mol. The van der Waals surface area contributed by atoms with E-state index in [0.717, 1.165) is 13.0 Å². The highest BCUT2D eigenvalue weighted by molar-refractivity contribution is 5.54. The van der Waals surface area contributed by atoms with Gasteiger partial charge in [-0.3, -0.25) is 0 Å². The van der Waals surface area contributed by atoms with E-state index in [9.17, 15) is 0 Å². The van der Waals surface area contributed by atoms with Gasteiger partial charge in [0.1, 0.15) is 5.10 Å². The summed E-state index contributed by atoms with van der Waals surface area (Å²) in [4.78, 5) is 8.25. The van der Waals surface area contributed by atoms with Gasteiger partial charge in [0.05, 0.1) is 5.09 Å². The number of nitrogens with zero attached hydrogens (tertiary/aromatic N) is 4. The van der Waals surface area contributed by atoms with Crippen molar-refractivity contribution >= 4 is 6.34 Å². The fourth-order valence-corrected chi connectivity index (χ4v) is 0.739. The first-order valence-electron chi connectivity index (χ1n) is 3.61. The van der Waals surface area contributed by atoms with E-state index >= 15 is 0 Å². The molecule has 0 saturated carbocycles. The molecule has 0 spiro atoms. The van der Waals surface area contributed by atoms with Crippen LogP contribution in [0.15, 0.2) is 5.10 Å². The van der Waals surface area contributed by atoms with E-state index in [0.29, 0.717) is 6.67 Å². The standard InChI is InChI=1S/C5H11N4.NO3/c1-2-3-9-5-8(6)4-7-9;2-1(3)4/h2-3,5-6H2,1H3;/q+1;-1. The maximum atomic E-state index is 8.25. The van der Waals surface area contributed by atoms with Crippen molar-refractivity contribution in [1.82, 2.24) is 10.0 Å². The molecular formula is C5H11N5O3. The SMILES string of the molecule is CCCN1CN(N)[C+]=N1.O=[N+]([O-])[O-]. The third-order valence-corrected chi connectivity index (χ3v) is 1.11. The van der Waals surface area contributed by atoms with Gasteiger partial charge in [0.15, 0.2) is 6.67 Å². The molecule has 74 valence electrons. The summed E-state index contributed by atoms with van der Waals surface area (Å²) in [5, 5.41) is 22.0. The maximum Gasteiger partial charge on any atom is 0.561 e. The molecule has 0 aromatic rings. The Morgan fingerprint density at radius 3 is 2.54 bits per heavy atom.